The number of carbonyl (C=O) groups excluding carboxylic acids is 1. The fraction of sp³-hybridized carbons (Fsp3) is 0.409. The lowest BCUT2D eigenvalue weighted by molar-refractivity contribution is -0.274. The van der Waals surface area contributed by atoms with Crippen LogP contribution in [0.4, 0.5) is 24.7 Å². The fourth-order valence-electron chi connectivity index (χ4n) is 3.93. The molecule has 1 aromatic carbocycles. The van der Waals surface area contributed by atoms with E-state index < -0.39 is 6.36 Å². The van der Waals surface area contributed by atoms with Crippen LogP contribution in [-0.4, -0.2) is 35.3 Å². The van der Waals surface area contributed by atoms with Gasteiger partial charge in [0.25, 0.3) is 0 Å². The van der Waals surface area contributed by atoms with Gasteiger partial charge < -0.3 is 19.4 Å². The van der Waals surface area contributed by atoms with E-state index in [0.29, 0.717) is 30.2 Å². The van der Waals surface area contributed by atoms with Crippen molar-refractivity contribution in [1.29, 1.82) is 0 Å². The van der Waals surface area contributed by atoms with Crippen LogP contribution in [-0.2, 0) is 4.79 Å². The predicted octanol–water partition coefficient (Wildman–Crippen LogP) is 4.90. The molecule has 170 valence electrons. The van der Waals surface area contributed by atoms with Crippen LogP contribution in [0.1, 0.15) is 30.0 Å². The molecule has 0 radical (unpaired) electrons. The van der Waals surface area contributed by atoms with E-state index in [-0.39, 0.29) is 17.6 Å². The van der Waals surface area contributed by atoms with Gasteiger partial charge in [-0.15, -0.1) is 13.2 Å². The van der Waals surface area contributed by atoms with Crippen molar-refractivity contribution >= 4 is 28.5 Å². The molecule has 4 rings (SSSR count). The third-order valence-corrected chi connectivity index (χ3v) is 5.57. The summed E-state index contributed by atoms with van der Waals surface area (Å²) in [5.41, 5.74) is 1.92. The zero-order valence-electron chi connectivity index (χ0n) is 17.9. The number of nitrogens with one attached hydrogen (secondary N) is 1. The zero-order valence-corrected chi connectivity index (χ0v) is 17.9. The maximum Gasteiger partial charge on any atom is 0.573 e. The number of nitrogens with zero attached hydrogens (tertiary/aromatic N) is 3. The first-order valence-corrected chi connectivity index (χ1v) is 10.3. The van der Waals surface area contributed by atoms with Crippen molar-refractivity contribution in [1.82, 2.24) is 9.97 Å². The lowest BCUT2D eigenvalue weighted by Crippen LogP contribution is -2.41. The Balaban J connectivity index is 1.49. The zero-order chi connectivity index (χ0) is 23.0. The minimum Gasteiger partial charge on any atom is -0.443 e. The van der Waals surface area contributed by atoms with Gasteiger partial charge in [0.05, 0.1) is 11.3 Å². The van der Waals surface area contributed by atoms with Gasteiger partial charge in [0.1, 0.15) is 23.2 Å². The molecule has 1 saturated heterocycles. The minimum atomic E-state index is -4.76. The summed E-state index contributed by atoms with van der Waals surface area (Å²) < 4.78 is 46.6. The van der Waals surface area contributed by atoms with Crippen LogP contribution in [0, 0.1) is 26.7 Å². The number of alkyl halides is 3. The van der Waals surface area contributed by atoms with E-state index in [1.165, 1.54) is 24.3 Å². The molecule has 0 bridgehead atoms. The Kier molecular flexibility index (Phi) is 5.70. The molecule has 0 unspecified atom stereocenters. The summed E-state index contributed by atoms with van der Waals surface area (Å²) in [6, 6.07) is 5.10. The molecule has 2 aromatic heterocycles. The number of carbonyl (C=O) groups is 1. The number of amides is 1. The molecule has 3 aromatic rings. The van der Waals surface area contributed by atoms with Crippen LogP contribution in [0.15, 0.2) is 28.7 Å². The maximum atomic E-state index is 12.9. The van der Waals surface area contributed by atoms with Crippen LogP contribution in [0.3, 0.4) is 0 Å². The number of furan rings is 1. The molecular formula is C22H23F3N4O3. The Bertz CT molecular complexity index is 1140. The van der Waals surface area contributed by atoms with E-state index in [4.69, 9.17) is 4.42 Å². The van der Waals surface area contributed by atoms with Crippen molar-refractivity contribution in [3.05, 3.63) is 41.4 Å². The second-order valence-corrected chi connectivity index (χ2v) is 7.90. The van der Waals surface area contributed by atoms with Gasteiger partial charge in [-0.25, -0.2) is 4.98 Å². The second kappa shape index (κ2) is 8.33. The number of anilines is 2. The number of benzene rings is 1. The smallest absolute Gasteiger partial charge is 0.443 e. The average Bonchev–Trinajstić information content (AvgIpc) is 3.01. The number of aryl methyl sites for hydroxylation is 3. The van der Waals surface area contributed by atoms with Gasteiger partial charge in [-0.3, -0.25) is 4.79 Å². The molecule has 0 spiro atoms. The summed E-state index contributed by atoms with van der Waals surface area (Å²) in [5.74, 6) is 1.30. The SMILES string of the molecule is Cc1nc(N2CCC[C@H](C(=O)Nc3ccc(OC(F)(F)F)cc3)C2)c2c(C)c(C)oc2n1. The van der Waals surface area contributed by atoms with Crippen molar-refractivity contribution in [2.75, 3.05) is 23.3 Å². The van der Waals surface area contributed by atoms with Crippen molar-refractivity contribution in [3.63, 3.8) is 0 Å². The maximum absolute atomic E-state index is 12.9. The number of piperidine rings is 1. The second-order valence-electron chi connectivity index (χ2n) is 7.90. The summed E-state index contributed by atoms with van der Waals surface area (Å²) in [6.45, 7) is 6.87. The molecule has 1 aliphatic rings. The quantitative estimate of drug-likeness (QED) is 0.612. The molecule has 0 saturated carbocycles. The normalized spacial score (nSPS) is 16.9. The van der Waals surface area contributed by atoms with Gasteiger partial charge in [0, 0.05) is 24.3 Å². The van der Waals surface area contributed by atoms with Gasteiger partial charge in [-0.1, -0.05) is 0 Å². The number of rotatable bonds is 4. The number of hydrogen-bond donors (Lipinski definition) is 1. The number of halogens is 3. The van der Waals surface area contributed by atoms with Crippen molar-refractivity contribution < 1.29 is 27.1 Å². The van der Waals surface area contributed by atoms with Gasteiger partial charge in [0.15, 0.2) is 0 Å². The standard InChI is InChI=1S/C22H23F3N4O3/c1-12-13(2)31-21-18(12)19(26-14(3)27-21)29-10-4-5-15(11-29)20(30)28-16-6-8-17(9-7-16)32-22(23,24)25/h6-9,15H,4-5,10-11H2,1-3H3,(H,28,30)/t15-/m0/s1. The van der Waals surface area contributed by atoms with Crippen molar-refractivity contribution in [2.45, 2.75) is 40.0 Å². The highest BCUT2D eigenvalue weighted by molar-refractivity contribution is 5.94. The fourth-order valence-corrected chi connectivity index (χ4v) is 3.93. The van der Waals surface area contributed by atoms with Gasteiger partial charge in [0.2, 0.25) is 11.6 Å². The Morgan fingerprint density at radius 2 is 1.91 bits per heavy atom. The van der Waals surface area contributed by atoms with Crippen LogP contribution in [0.25, 0.3) is 11.1 Å². The average molecular weight is 448 g/mol. The summed E-state index contributed by atoms with van der Waals surface area (Å²) in [6.07, 6.45) is -3.25. The lowest BCUT2D eigenvalue weighted by Gasteiger charge is -2.33. The van der Waals surface area contributed by atoms with Crippen molar-refractivity contribution in [3.8, 4) is 5.75 Å². The highest BCUT2D eigenvalue weighted by Crippen LogP contribution is 2.33. The molecule has 1 aliphatic heterocycles. The molecule has 1 atom stereocenters. The van der Waals surface area contributed by atoms with E-state index in [0.717, 1.165) is 35.5 Å². The number of hydrogen-bond acceptors (Lipinski definition) is 6. The molecule has 7 nitrogen and oxygen atoms in total. The monoisotopic (exact) mass is 448 g/mol. The Labute approximate surface area is 182 Å². The molecule has 32 heavy (non-hydrogen) atoms. The molecule has 3 heterocycles. The summed E-state index contributed by atoms with van der Waals surface area (Å²) in [7, 11) is 0. The molecular weight excluding hydrogens is 425 g/mol. The first-order chi connectivity index (χ1) is 15.1. The van der Waals surface area contributed by atoms with Crippen LogP contribution in [0.2, 0.25) is 0 Å². The minimum absolute atomic E-state index is 0.193. The topological polar surface area (TPSA) is 80.5 Å². The highest BCUT2D eigenvalue weighted by Gasteiger charge is 2.31. The third kappa shape index (κ3) is 4.63. The molecule has 0 aliphatic carbocycles. The van der Waals surface area contributed by atoms with Gasteiger partial charge in [-0.2, -0.15) is 4.98 Å². The van der Waals surface area contributed by atoms with Crippen LogP contribution < -0.4 is 15.0 Å². The summed E-state index contributed by atoms with van der Waals surface area (Å²) in [4.78, 5) is 24.0. The number of fused-ring (bicyclic) bond motifs is 1. The third-order valence-electron chi connectivity index (χ3n) is 5.57. The predicted molar refractivity (Wildman–Crippen MR) is 113 cm³/mol. The van der Waals surface area contributed by atoms with Gasteiger partial charge in [-0.05, 0) is 57.9 Å². The van der Waals surface area contributed by atoms with E-state index in [9.17, 15) is 18.0 Å². The Morgan fingerprint density at radius 1 is 1.19 bits per heavy atom. The lowest BCUT2D eigenvalue weighted by atomic mass is 9.96. The van der Waals surface area contributed by atoms with Crippen LogP contribution in [0.5, 0.6) is 5.75 Å². The van der Waals surface area contributed by atoms with Gasteiger partial charge >= 0.3 is 6.36 Å². The molecule has 1 N–H and O–H groups in total. The number of ether oxygens (including phenoxy) is 1. The number of aromatic nitrogens is 2. The molecule has 10 heteroatoms. The van der Waals surface area contributed by atoms with E-state index in [2.05, 4.69) is 24.9 Å². The van der Waals surface area contributed by atoms with E-state index >= 15 is 0 Å². The highest BCUT2D eigenvalue weighted by atomic mass is 19.4. The molecule has 1 fully saturated rings. The van der Waals surface area contributed by atoms with Crippen LogP contribution >= 0.6 is 0 Å². The van der Waals surface area contributed by atoms with E-state index in [1.54, 1.807) is 6.92 Å². The first kappa shape index (κ1) is 21.9. The Hall–Kier alpha value is -3.30. The van der Waals surface area contributed by atoms with Crippen molar-refractivity contribution in [2.24, 2.45) is 5.92 Å². The summed E-state index contributed by atoms with van der Waals surface area (Å²) in [5, 5.41) is 3.64. The molecule has 1 amide bonds. The first-order valence-electron chi connectivity index (χ1n) is 10.3. The summed E-state index contributed by atoms with van der Waals surface area (Å²) >= 11 is 0. The Morgan fingerprint density at radius 3 is 2.59 bits per heavy atom. The largest absolute Gasteiger partial charge is 0.573 e. The van der Waals surface area contributed by atoms with E-state index in [1.807, 2.05) is 13.8 Å².